The van der Waals surface area contributed by atoms with Gasteiger partial charge in [-0.2, -0.15) is 5.10 Å². The van der Waals surface area contributed by atoms with E-state index >= 15 is 0 Å². The Kier molecular flexibility index (Phi) is 4.22. The first-order chi connectivity index (χ1) is 9.11. The minimum absolute atomic E-state index is 0.155. The van der Waals surface area contributed by atoms with Crippen LogP contribution in [0.2, 0.25) is 0 Å². The second-order valence-electron chi connectivity index (χ2n) is 4.89. The van der Waals surface area contributed by atoms with E-state index in [1.807, 2.05) is 17.9 Å². The average molecular weight is 258 g/mol. The minimum atomic E-state index is 0.155. The highest BCUT2D eigenvalue weighted by atomic mass is 15.3. The lowest BCUT2D eigenvalue weighted by molar-refractivity contribution is 0.600. The first kappa shape index (κ1) is 13.6. The molecular weight excluding hydrogens is 236 g/mol. The Morgan fingerprint density at radius 3 is 2.37 bits per heavy atom. The highest BCUT2D eigenvalue weighted by Crippen LogP contribution is 2.22. The van der Waals surface area contributed by atoms with E-state index in [4.69, 9.17) is 0 Å². The van der Waals surface area contributed by atoms with Crippen LogP contribution in [-0.4, -0.2) is 30.4 Å². The highest BCUT2D eigenvalue weighted by Gasteiger charge is 2.15. The third-order valence-electron chi connectivity index (χ3n) is 3.18. The molecule has 0 aliphatic rings. The first-order valence-corrected chi connectivity index (χ1v) is 6.62. The van der Waals surface area contributed by atoms with Crippen LogP contribution in [0.3, 0.4) is 0 Å². The van der Waals surface area contributed by atoms with Gasteiger partial charge in [0, 0.05) is 33.0 Å². The van der Waals surface area contributed by atoms with Crippen LogP contribution in [0.15, 0.2) is 36.5 Å². The predicted molar refractivity (Wildman–Crippen MR) is 79.5 cm³/mol. The molecule has 1 unspecified atom stereocenters. The van der Waals surface area contributed by atoms with Crippen molar-refractivity contribution >= 4 is 5.69 Å². The number of hydrogen-bond acceptors (Lipinski definition) is 3. The monoisotopic (exact) mass is 258 g/mol. The molecule has 1 aromatic heterocycles. The van der Waals surface area contributed by atoms with Crippen molar-refractivity contribution in [1.82, 2.24) is 15.1 Å². The van der Waals surface area contributed by atoms with Gasteiger partial charge >= 0.3 is 0 Å². The number of rotatable bonds is 5. The van der Waals surface area contributed by atoms with Gasteiger partial charge in [-0.15, -0.1) is 0 Å². The summed E-state index contributed by atoms with van der Waals surface area (Å²) in [6.45, 7) is 3.03. The molecule has 4 nitrogen and oxygen atoms in total. The minimum Gasteiger partial charge on any atom is -0.378 e. The Morgan fingerprint density at radius 1 is 1.21 bits per heavy atom. The second kappa shape index (κ2) is 5.89. The maximum Gasteiger partial charge on any atom is 0.0839 e. The smallest absolute Gasteiger partial charge is 0.0839 e. The number of nitrogens with one attached hydrogen (secondary N) is 1. The van der Waals surface area contributed by atoms with E-state index in [9.17, 15) is 0 Å². The van der Waals surface area contributed by atoms with Crippen LogP contribution in [-0.2, 0) is 7.05 Å². The molecular formula is C15H22N4. The lowest BCUT2D eigenvalue weighted by atomic mass is 10.0. The maximum atomic E-state index is 4.51. The number of benzene rings is 1. The van der Waals surface area contributed by atoms with Crippen LogP contribution >= 0.6 is 0 Å². The molecule has 1 aromatic carbocycles. The number of aromatic nitrogens is 2. The second-order valence-corrected chi connectivity index (χ2v) is 4.89. The van der Waals surface area contributed by atoms with E-state index in [1.165, 1.54) is 11.3 Å². The molecule has 0 radical (unpaired) electrons. The van der Waals surface area contributed by atoms with Crippen LogP contribution in [0.1, 0.15) is 24.2 Å². The normalized spacial score (nSPS) is 12.4. The quantitative estimate of drug-likeness (QED) is 0.892. The molecule has 1 N–H and O–H groups in total. The van der Waals surface area contributed by atoms with Crippen LogP contribution in [0.5, 0.6) is 0 Å². The first-order valence-electron chi connectivity index (χ1n) is 6.62. The van der Waals surface area contributed by atoms with Gasteiger partial charge in [-0.25, -0.2) is 0 Å². The Balaban J connectivity index is 2.28. The zero-order valence-electron chi connectivity index (χ0n) is 12.1. The molecule has 19 heavy (non-hydrogen) atoms. The topological polar surface area (TPSA) is 33.1 Å². The summed E-state index contributed by atoms with van der Waals surface area (Å²) < 4.78 is 1.84. The van der Waals surface area contributed by atoms with E-state index in [1.54, 1.807) is 0 Å². The van der Waals surface area contributed by atoms with E-state index < -0.39 is 0 Å². The van der Waals surface area contributed by atoms with Crippen molar-refractivity contribution in [2.24, 2.45) is 7.05 Å². The number of aryl methyl sites for hydroxylation is 1. The van der Waals surface area contributed by atoms with Gasteiger partial charge < -0.3 is 10.2 Å². The Morgan fingerprint density at radius 2 is 1.89 bits per heavy atom. The highest BCUT2D eigenvalue weighted by molar-refractivity contribution is 5.47. The molecule has 2 aromatic rings. The van der Waals surface area contributed by atoms with Crippen LogP contribution in [0.4, 0.5) is 5.69 Å². The Bertz CT molecular complexity index is 513. The molecule has 0 aliphatic carbocycles. The molecule has 0 spiro atoms. The molecule has 1 heterocycles. The molecule has 4 heteroatoms. The average Bonchev–Trinajstić information content (AvgIpc) is 2.82. The maximum absolute atomic E-state index is 4.51. The zero-order chi connectivity index (χ0) is 13.8. The summed E-state index contributed by atoms with van der Waals surface area (Å²) in [7, 11) is 6.05. The van der Waals surface area contributed by atoms with E-state index in [2.05, 4.69) is 66.7 Å². The largest absolute Gasteiger partial charge is 0.378 e. The van der Waals surface area contributed by atoms with E-state index in [0.717, 1.165) is 12.2 Å². The van der Waals surface area contributed by atoms with Gasteiger partial charge in [0.2, 0.25) is 0 Å². The predicted octanol–water partition coefficient (Wildman–Crippen LogP) is 2.18. The number of anilines is 1. The number of hydrogen-bond donors (Lipinski definition) is 1. The fourth-order valence-electron chi connectivity index (χ4n) is 2.15. The third-order valence-corrected chi connectivity index (χ3v) is 3.18. The molecule has 2 rings (SSSR count). The summed E-state index contributed by atoms with van der Waals surface area (Å²) in [6, 6.07) is 10.8. The van der Waals surface area contributed by atoms with Crippen molar-refractivity contribution in [3.63, 3.8) is 0 Å². The van der Waals surface area contributed by atoms with Crippen molar-refractivity contribution in [2.45, 2.75) is 13.0 Å². The summed E-state index contributed by atoms with van der Waals surface area (Å²) in [5.74, 6) is 0. The summed E-state index contributed by atoms with van der Waals surface area (Å²) in [5, 5.41) is 8.00. The molecule has 0 amide bonds. The Labute approximate surface area is 115 Å². The van der Waals surface area contributed by atoms with Gasteiger partial charge in [-0.05, 0) is 30.3 Å². The van der Waals surface area contributed by atoms with Gasteiger partial charge in [0.1, 0.15) is 0 Å². The van der Waals surface area contributed by atoms with Crippen LogP contribution < -0.4 is 10.2 Å². The lowest BCUT2D eigenvalue weighted by Gasteiger charge is -2.18. The summed E-state index contributed by atoms with van der Waals surface area (Å²) >= 11 is 0. The van der Waals surface area contributed by atoms with Gasteiger partial charge in [-0.1, -0.05) is 19.1 Å². The van der Waals surface area contributed by atoms with Crippen molar-refractivity contribution in [3.05, 3.63) is 47.8 Å². The van der Waals surface area contributed by atoms with Gasteiger partial charge in [0.15, 0.2) is 0 Å². The van der Waals surface area contributed by atoms with Crippen LogP contribution in [0, 0.1) is 0 Å². The van der Waals surface area contributed by atoms with Crippen molar-refractivity contribution in [1.29, 1.82) is 0 Å². The molecule has 0 bridgehead atoms. The fourth-order valence-corrected chi connectivity index (χ4v) is 2.15. The third kappa shape index (κ3) is 3.15. The molecule has 0 saturated heterocycles. The summed E-state index contributed by atoms with van der Waals surface area (Å²) in [6.07, 6.45) is 1.98. The molecule has 0 saturated carbocycles. The van der Waals surface area contributed by atoms with Gasteiger partial charge in [0.25, 0.3) is 0 Å². The Hall–Kier alpha value is -1.81. The SMILES string of the molecule is CCNC(c1ccc(N(C)C)cc1)c1ccn(C)n1. The van der Waals surface area contributed by atoms with Crippen LogP contribution in [0.25, 0.3) is 0 Å². The van der Waals surface area contributed by atoms with E-state index in [-0.39, 0.29) is 6.04 Å². The molecule has 102 valence electrons. The molecule has 0 aliphatic heterocycles. The van der Waals surface area contributed by atoms with Gasteiger partial charge in [-0.3, -0.25) is 4.68 Å². The van der Waals surface area contributed by atoms with Crippen molar-refractivity contribution in [2.75, 3.05) is 25.5 Å². The van der Waals surface area contributed by atoms with Crippen molar-refractivity contribution in [3.8, 4) is 0 Å². The van der Waals surface area contributed by atoms with Gasteiger partial charge in [0.05, 0.1) is 11.7 Å². The van der Waals surface area contributed by atoms with Crippen molar-refractivity contribution < 1.29 is 0 Å². The molecule has 1 atom stereocenters. The zero-order valence-corrected chi connectivity index (χ0v) is 12.1. The standard InChI is InChI=1S/C15H22N4/c1-5-16-15(14-10-11-19(4)17-14)12-6-8-13(9-7-12)18(2)3/h6-11,15-16H,5H2,1-4H3. The van der Waals surface area contributed by atoms with E-state index in [0.29, 0.717) is 0 Å². The summed E-state index contributed by atoms with van der Waals surface area (Å²) in [5.41, 5.74) is 3.51. The fraction of sp³-hybridized carbons (Fsp3) is 0.400. The summed E-state index contributed by atoms with van der Waals surface area (Å²) in [4.78, 5) is 2.10. The number of nitrogens with zero attached hydrogens (tertiary/aromatic N) is 3. The molecule has 0 fully saturated rings. The lowest BCUT2D eigenvalue weighted by Crippen LogP contribution is -2.22.